The molecule has 0 bridgehead atoms. The molecule has 0 aliphatic carbocycles. The maximum Gasteiger partial charge on any atom is 0.0722 e. The number of hydrogen-bond acceptors (Lipinski definition) is 1. The van der Waals surface area contributed by atoms with Crippen LogP contribution in [0.25, 0.3) is 0 Å². The van der Waals surface area contributed by atoms with E-state index in [1.165, 1.54) is 19.3 Å². The first-order valence-corrected chi connectivity index (χ1v) is 7.09. The molecule has 0 aromatic heterocycles. The highest BCUT2D eigenvalue weighted by Crippen LogP contribution is 2.34. The van der Waals surface area contributed by atoms with E-state index >= 15 is 0 Å². The van der Waals surface area contributed by atoms with Crippen molar-refractivity contribution in [1.82, 2.24) is 0 Å². The van der Waals surface area contributed by atoms with Crippen molar-refractivity contribution in [3.05, 3.63) is 27.2 Å². The van der Waals surface area contributed by atoms with E-state index in [0.717, 1.165) is 12.1 Å². The average Bonchev–Trinajstić information content (AvgIpc) is 2.24. The predicted octanol–water partition coefficient (Wildman–Crippen LogP) is 6.03. The monoisotopic (exact) mass is 293 g/mol. The molecule has 17 heavy (non-hydrogen) atoms. The molecule has 4 heteroatoms. The minimum Gasteiger partial charge on any atom is -0.380 e. The molecule has 0 spiro atoms. The third-order valence-electron chi connectivity index (χ3n) is 2.64. The van der Waals surface area contributed by atoms with E-state index in [2.05, 4.69) is 19.2 Å². The number of hydrogen-bond donors (Lipinski definition) is 1. The Bertz CT molecular complexity index is 343. The molecule has 96 valence electrons. The van der Waals surface area contributed by atoms with Crippen LogP contribution in [-0.4, -0.2) is 6.04 Å². The maximum absolute atomic E-state index is 6.11. The summed E-state index contributed by atoms with van der Waals surface area (Å²) in [6.45, 7) is 4.34. The van der Waals surface area contributed by atoms with Crippen LogP contribution >= 0.6 is 34.8 Å². The molecule has 0 aliphatic rings. The normalized spacial score (nSPS) is 12.5. The standard InChI is InChI=1S/C13H18Cl3N/c1-3-4-5-6-9(2)17-13-11(15)7-10(14)8-12(13)16/h7-9,17H,3-6H2,1-2H3. The fourth-order valence-corrected chi connectivity index (χ4v) is 2.63. The van der Waals surface area contributed by atoms with E-state index in [1.807, 2.05) is 0 Å². The number of unbranched alkanes of at least 4 members (excludes halogenated alkanes) is 2. The van der Waals surface area contributed by atoms with Gasteiger partial charge in [0.1, 0.15) is 0 Å². The smallest absolute Gasteiger partial charge is 0.0722 e. The van der Waals surface area contributed by atoms with Crippen molar-refractivity contribution >= 4 is 40.5 Å². The highest BCUT2D eigenvalue weighted by atomic mass is 35.5. The van der Waals surface area contributed by atoms with Crippen molar-refractivity contribution in [3.8, 4) is 0 Å². The first-order chi connectivity index (χ1) is 8.04. The minimum atomic E-state index is 0.359. The Morgan fingerprint density at radius 1 is 1.12 bits per heavy atom. The molecule has 0 radical (unpaired) electrons. The lowest BCUT2D eigenvalue weighted by atomic mass is 10.1. The number of benzene rings is 1. The second-order valence-electron chi connectivity index (χ2n) is 4.29. The summed E-state index contributed by atoms with van der Waals surface area (Å²) in [6.07, 6.45) is 4.82. The Balaban J connectivity index is 2.61. The average molecular weight is 295 g/mol. The highest BCUT2D eigenvalue weighted by Gasteiger charge is 2.10. The summed E-state index contributed by atoms with van der Waals surface area (Å²) in [5, 5.41) is 5.05. The molecule has 1 aromatic carbocycles. The zero-order valence-corrected chi connectivity index (χ0v) is 12.5. The Labute approximate surface area is 118 Å². The van der Waals surface area contributed by atoms with E-state index in [0.29, 0.717) is 21.1 Å². The van der Waals surface area contributed by atoms with Gasteiger partial charge in [0.05, 0.1) is 15.7 Å². The van der Waals surface area contributed by atoms with Crippen LogP contribution in [0.3, 0.4) is 0 Å². The fourth-order valence-electron chi connectivity index (χ4n) is 1.70. The quantitative estimate of drug-likeness (QED) is 0.632. The van der Waals surface area contributed by atoms with Gasteiger partial charge in [-0.3, -0.25) is 0 Å². The van der Waals surface area contributed by atoms with Gasteiger partial charge in [-0.05, 0) is 25.5 Å². The van der Waals surface area contributed by atoms with Gasteiger partial charge < -0.3 is 5.32 Å². The first-order valence-electron chi connectivity index (χ1n) is 5.95. The van der Waals surface area contributed by atoms with Gasteiger partial charge in [-0.2, -0.15) is 0 Å². The van der Waals surface area contributed by atoms with Gasteiger partial charge in [0.15, 0.2) is 0 Å². The molecule has 1 N–H and O–H groups in total. The molecule has 1 nitrogen and oxygen atoms in total. The molecule has 1 atom stereocenters. The largest absolute Gasteiger partial charge is 0.380 e. The molecule has 1 aromatic rings. The summed E-state index contributed by atoms with van der Waals surface area (Å²) in [6, 6.07) is 3.77. The van der Waals surface area contributed by atoms with E-state index in [4.69, 9.17) is 34.8 Å². The van der Waals surface area contributed by atoms with Crippen LogP contribution in [0.5, 0.6) is 0 Å². The first kappa shape index (κ1) is 14.9. The number of nitrogens with one attached hydrogen (secondary N) is 1. The van der Waals surface area contributed by atoms with Crippen LogP contribution in [0.4, 0.5) is 5.69 Å². The van der Waals surface area contributed by atoms with Crippen molar-refractivity contribution < 1.29 is 0 Å². The SMILES string of the molecule is CCCCCC(C)Nc1c(Cl)cc(Cl)cc1Cl. The predicted molar refractivity (Wildman–Crippen MR) is 78.7 cm³/mol. The van der Waals surface area contributed by atoms with E-state index in [9.17, 15) is 0 Å². The molecule has 0 heterocycles. The summed E-state index contributed by atoms with van der Waals surface area (Å²) in [4.78, 5) is 0. The Morgan fingerprint density at radius 3 is 2.24 bits per heavy atom. The van der Waals surface area contributed by atoms with Gasteiger partial charge in [0.25, 0.3) is 0 Å². The molecule has 0 fully saturated rings. The van der Waals surface area contributed by atoms with E-state index < -0.39 is 0 Å². The second-order valence-corrected chi connectivity index (χ2v) is 5.54. The van der Waals surface area contributed by atoms with E-state index in [1.54, 1.807) is 12.1 Å². The van der Waals surface area contributed by atoms with Crippen LogP contribution < -0.4 is 5.32 Å². The van der Waals surface area contributed by atoms with E-state index in [-0.39, 0.29) is 0 Å². The molecule has 0 amide bonds. The summed E-state index contributed by atoms with van der Waals surface area (Å²) in [5.41, 5.74) is 0.779. The Morgan fingerprint density at radius 2 is 1.71 bits per heavy atom. The molecular weight excluding hydrogens is 277 g/mol. The number of halogens is 3. The van der Waals surface area contributed by atoms with Crippen LogP contribution in [0.15, 0.2) is 12.1 Å². The minimum absolute atomic E-state index is 0.359. The second kappa shape index (κ2) is 7.35. The van der Waals surface area contributed by atoms with Gasteiger partial charge in [0.2, 0.25) is 0 Å². The molecular formula is C13H18Cl3N. The number of anilines is 1. The van der Waals surface area contributed by atoms with Crippen LogP contribution in [-0.2, 0) is 0 Å². The van der Waals surface area contributed by atoms with Crippen LogP contribution in [0.2, 0.25) is 15.1 Å². The summed E-state index contributed by atoms with van der Waals surface area (Å²) >= 11 is 18.1. The van der Waals surface area contributed by atoms with Gasteiger partial charge in [-0.25, -0.2) is 0 Å². The van der Waals surface area contributed by atoms with Gasteiger partial charge in [-0.15, -0.1) is 0 Å². The van der Waals surface area contributed by atoms with Crippen LogP contribution in [0.1, 0.15) is 39.5 Å². The lowest BCUT2D eigenvalue weighted by molar-refractivity contribution is 0.615. The topological polar surface area (TPSA) is 12.0 Å². The van der Waals surface area contributed by atoms with Gasteiger partial charge in [0, 0.05) is 11.1 Å². The number of rotatable bonds is 6. The van der Waals surface area contributed by atoms with Crippen molar-refractivity contribution in [2.24, 2.45) is 0 Å². The maximum atomic E-state index is 6.11. The third kappa shape index (κ3) is 4.95. The summed E-state index contributed by atoms with van der Waals surface area (Å²) in [7, 11) is 0. The molecule has 0 saturated carbocycles. The lowest BCUT2D eigenvalue weighted by Crippen LogP contribution is -2.15. The van der Waals surface area contributed by atoms with Gasteiger partial charge in [-0.1, -0.05) is 61.0 Å². The zero-order valence-electron chi connectivity index (χ0n) is 10.2. The Hall–Kier alpha value is -0.110. The molecule has 0 aliphatic heterocycles. The van der Waals surface area contributed by atoms with Gasteiger partial charge >= 0.3 is 0 Å². The summed E-state index contributed by atoms with van der Waals surface area (Å²) in [5.74, 6) is 0. The molecule has 1 rings (SSSR count). The molecule has 1 unspecified atom stereocenters. The van der Waals surface area contributed by atoms with Crippen molar-refractivity contribution in [2.75, 3.05) is 5.32 Å². The third-order valence-corrected chi connectivity index (χ3v) is 3.45. The fraction of sp³-hybridized carbons (Fsp3) is 0.538. The lowest BCUT2D eigenvalue weighted by Gasteiger charge is -2.17. The van der Waals surface area contributed by atoms with Crippen molar-refractivity contribution in [1.29, 1.82) is 0 Å². The van der Waals surface area contributed by atoms with Crippen molar-refractivity contribution in [3.63, 3.8) is 0 Å². The van der Waals surface area contributed by atoms with Crippen LogP contribution in [0, 0.1) is 0 Å². The molecule has 0 saturated heterocycles. The highest BCUT2D eigenvalue weighted by molar-refractivity contribution is 6.41. The summed E-state index contributed by atoms with van der Waals surface area (Å²) < 4.78 is 0. The Kier molecular flexibility index (Phi) is 6.47. The zero-order chi connectivity index (χ0) is 12.8. The van der Waals surface area contributed by atoms with Crippen molar-refractivity contribution in [2.45, 2.75) is 45.6 Å².